The van der Waals surface area contributed by atoms with Gasteiger partial charge in [0.05, 0.1) is 5.56 Å². The van der Waals surface area contributed by atoms with Gasteiger partial charge in [-0.3, -0.25) is 4.79 Å². The SMILES string of the molecule is CNc1ccccc1C(=O)C(=O)O.[K+]. The van der Waals surface area contributed by atoms with Crippen molar-refractivity contribution in [3.63, 3.8) is 0 Å². The van der Waals surface area contributed by atoms with E-state index in [0.29, 0.717) is 5.69 Å². The normalized spacial score (nSPS) is 8.64. The summed E-state index contributed by atoms with van der Waals surface area (Å²) in [6, 6.07) is 6.47. The number of carbonyl (C=O) groups is 2. The van der Waals surface area contributed by atoms with Crippen LogP contribution in [0.2, 0.25) is 0 Å². The summed E-state index contributed by atoms with van der Waals surface area (Å²) in [5, 5.41) is 11.2. The third-order valence-electron chi connectivity index (χ3n) is 1.64. The fourth-order valence-corrected chi connectivity index (χ4v) is 1.01. The van der Waals surface area contributed by atoms with Gasteiger partial charge >= 0.3 is 57.4 Å². The summed E-state index contributed by atoms with van der Waals surface area (Å²) in [4.78, 5) is 21.5. The van der Waals surface area contributed by atoms with Crippen molar-refractivity contribution in [2.75, 3.05) is 12.4 Å². The molecule has 1 aromatic carbocycles. The molecule has 0 aromatic heterocycles. The minimum Gasteiger partial charge on any atom is -0.475 e. The van der Waals surface area contributed by atoms with Gasteiger partial charge < -0.3 is 10.4 Å². The molecule has 5 heteroatoms. The second-order valence-corrected chi connectivity index (χ2v) is 2.43. The number of Topliss-reactive ketones (excluding diaryl/α,β-unsaturated/α-hetero) is 1. The molecule has 0 fully saturated rings. The smallest absolute Gasteiger partial charge is 0.475 e. The van der Waals surface area contributed by atoms with Crippen LogP contribution in [-0.4, -0.2) is 23.9 Å². The zero-order valence-corrected chi connectivity index (χ0v) is 11.2. The van der Waals surface area contributed by atoms with E-state index in [-0.39, 0.29) is 56.9 Å². The minimum absolute atomic E-state index is 0. The number of aliphatic carboxylic acids is 1. The summed E-state index contributed by atoms with van der Waals surface area (Å²) in [5.41, 5.74) is 0.701. The fraction of sp³-hybridized carbons (Fsp3) is 0.111. The van der Waals surface area contributed by atoms with Gasteiger partial charge in [0.2, 0.25) is 0 Å². The number of para-hydroxylation sites is 1. The molecule has 0 saturated heterocycles. The van der Waals surface area contributed by atoms with Crippen LogP contribution in [0.25, 0.3) is 0 Å². The summed E-state index contributed by atoms with van der Waals surface area (Å²) < 4.78 is 0. The van der Waals surface area contributed by atoms with Crippen LogP contribution in [0.5, 0.6) is 0 Å². The molecule has 1 aromatic rings. The van der Waals surface area contributed by atoms with E-state index in [1.54, 1.807) is 25.2 Å². The van der Waals surface area contributed by atoms with Crippen LogP contribution in [-0.2, 0) is 4.79 Å². The predicted molar refractivity (Wildman–Crippen MR) is 48.0 cm³/mol. The van der Waals surface area contributed by atoms with E-state index in [4.69, 9.17) is 5.11 Å². The monoisotopic (exact) mass is 218 g/mol. The maximum atomic E-state index is 11.1. The van der Waals surface area contributed by atoms with Crippen LogP contribution in [0.15, 0.2) is 24.3 Å². The van der Waals surface area contributed by atoms with Crippen molar-refractivity contribution >= 4 is 17.4 Å². The van der Waals surface area contributed by atoms with E-state index in [9.17, 15) is 9.59 Å². The second-order valence-electron chi connectivity index (χ2n) is 2.43. The second kappa shape index (κ2) is 6.31. The Morgan fingerprint density at radius 1 is 1.29 bits per heavy atom. The molecule has 0 heterocycles. The van der Waals surface area contributed by atoms with Gasteiger partial charge in [0, 0.05) is 12.7 Å². The number of benzene rings is 1. The zero-order valence-electron chi connectivity index (χ0n) is 8.07. The van der Waals surface area contributed by atoms with Crippen LogP contribution >= 0.6 is 0 Å². The van der Waals surface area contributed by atoms with Gasteiger partial charge in [0.25, 0.3) is 5.78 Å². The maximum absolute atomic E-state index is 11.1. The molecule has 0 unspecified atom stereocenters. The molecule has 0 bridgehead atoms. The van der Waals surface area contributed by atoms with E-state index < -0.39 is 11.8 Å². The Labute approximate surface area is 124 Å². The van der Waals surface area contributed by atoms with Crippen LogP contribution in [0, 0.1) is 0 Å². The molecule has 1 rings (SSSR count). The van der Waals surface area contributed by atoms with Crippen molar-refractivity contribution in [1.29, 1.82) is 0 Å². The Hall–Kier alpha value is -0.204. The topological polar surface area (TPSA) is 66.4 Å². The molecule has 68 valence electrons. The van der Waals surface area contributed by atoms with Crippen molar-refractivity contribution in [2.45, 2.75) is 0 Å². The first-order chi connectivity index (χ1) is 6.16. The quantitative estimate of drug-likeness (QED) is 0.350. The minimum atomic E-state index is -1.44. The fourth-order valence-electron chi connectivity index (χ4n) is 1.01. The number of carboxylic acids is 1. The van der Waals surface area contributed by atoms with E-state index in [1.165, 1.54) is 6.07 Å². The van der Waals surface area contributed by atoms with Gasteiger partial charge in [-0.25, -0.2) is 4.79 Å². The molecule has 0 spiro atoms. The van der Waals surface area contributed by atoms with Gasteiger partial charge in [0.1, 0.15) is 0 Å². The number of nitrogens with one attached hydrogen (secondary N) is 1. The maximum Gasteiger partial charge on any atom is 1.00 e. The van der Waals surface area contributed by atoms with E-state index >= 15 is 0 Å². The third kappa shape index (κ3) is 3.18. The number of ketones is 1. The molecule has 0 saturated carbocycles. The number of anilines is 1. The largest absolute Gasteiger partial charge is 1.00 e. The first kappa shape index (κ1) is 13.8. The number of rotatable bonds is 3. The van der Waals surface area contributed by atoms with E-state index in [1.807, 2.05) is 0 Å². The summed E-state index contributed by atoms with van der Waals surface area (Å²) >= 11 is 0. The van der Waals surface area contributed by atoms with E-state index in [2.05, 4.69) is 5.32 Å². The van der Waals surface area contributed by atoms with Gasteiger partial charge in [-0.1, -0.05) is 12.1 Å². The molecule has 0 aliphatic carbocycles. The molecule has 14 heavy (non-hydrogen) atoms. The number of hydrogen-bond donors (Lipinski definition) is 2. The molecular weight excluding hydrogens is 209 g/mol. The Morgan fingerprint density at radius 2 is 1.86 bits per heavy atom. The van der Waals surface area contributed by atoms with Gasteiger partial charge in [0.15, 0.2) is 0 Å². The van der Waals surface area contributed by atoms with Crippen LogP contribution in [0.4, 0.5) is 5.69 Å². The molecule has 0 radical (unpaired) electrons. The van der Waals surface area contributed by atoms with Gasteiger partial charge in [-0.05, 0) is 12.1 Å². The Kier molecular flexibility index (Phi) is 6.22. The standard InChI is InChI=1S/C9H9NO3.K/c1-10-7-5-3-2-4-6(7)8(11)9(12)13;/h2-5,10H,1H3,(H,12,13);/q;+1. The average Bonchev–Trinajstić information content (AvgIpc) is 2.16. The van der Waals surface area contributed by atoms with Gasteiger partial charge in [-0.2, -0.15) is 0 Å². The summed E-state index contributed by atoms with van der Waals surface area (Å²) in [6.45, 7) is 0. The average molecular weight is 218 g/mol. The number of hydrogen-bond acceptors (Lipinski definition) is 3. The van der Waals surface area contributed by atoms with Crippen LogP contribution < -0.4 is 56.7 Å². The molecule has 2 N–H and O–H groups in total. The number of carbonyl (C=O) groups excluding carboxylic acids is 1. The Balaban J connectivity index is 0.00000169. The van der Waals surface area contributed by atoms with Crippen molar-refractivity contribution in [2.24, 2.45) is 0 Å². The molecule has 0 atom stereocenters. The molecule has 0 amide bonds. The first-order valence-electron chi connectivity index (χ1n) is 3.71. The number of carboxylic acid groups (broad SMARTS) is 1. The summed E-state index contributed by atoms with van der Waals surface area (Å²) in [6.07, 6.45) is 0. The molecule has 0 aliphatic rings. The van der Waals surface area contributed by atoms with Crippen LogP contribution in [0.3, 0.4) is 0 Å². The van der Waals surface area contributed by atoms with Crippen molar-refractivity contribution in [3.05, 3.63) is 29.8 Å². The van der Waals surface area contributed by atoms with E-state index in [0.717, 1.165) is 0 Å². The zero-order chi connectivity index (χ0) is 9.84. The summed E-state index contributed by atoms with van der Waals surface area (Å²) in [5.74, 6) is -2.34. The third-order valence-corrected chi connectivity index (χ3v) is 1.64. The molecule has 0 aliphatic heterocycles. The van der Waals surface area contributed by atoms with Crippen molar-refractivity contribution < 1.29 is 66.1 Å². The van der Waals surface area contributed by atoms with Gasteiger partial charge in [-0.15, -0.1) is 0 Å². The van der Waals surface area contributed by atoms with Crippen LogP contribution in [0.1, 0.15) is 10.4 Å². The van der Waals surface area contributed by atoms with Crippen molar-refractivity contribution in [3.8, 4) is 0 Å². The summed E-state index contributed by atoms with van der Waals surface area (Å²) in [7, 11) is 1.63. The first-order valence-corrected chi connectivity index (χ1v) is 3.71. The Bertz CT molecular complexity index is 352. The molecular formula is C9H9KNO3+. The molecule has 4 nitrogen and oxygen atoms in total. The Morgan fingerprint density at radius 3 is 2.36 bits per heavy atom. The van der Waals surface area contributed by atoms with Crippen molar-refractivity contribution in [1.82, 2.24) is 0 Å². The predicted octanol–water partition coefficient (Wildman–Crippen LogP) is -2.00.